The van der Waals surface area contributed by atoms with E-state index in [1.807, 2.05) is 17.9 Å². The Bertz CT molecular complexity index is 611. The number of Topliss-reactive ketones (excluding diaryl/α,β-unsaturated/α-hetero) is 1. The number of nitrogens with zero attached hydrogens (tertiary/aromatic N) is 2. The molecule has 18 heavy (non-hydrogen) atoms. The molecule has 2 heterocycles. The molecular weight excluding hydrogens is 228 g/mol. The van der Waals surface area contributed by atoms with Crippen LogP contribution >= 0.6 is 0 Å². The fourth-order valence-corrected chi connectivity index (χ4v) is 2.66. The molecule has 0 spiro atoms. The van der Waals surface area contributed by atoms with Crippen molar-refractivity contribution >= 4 is 16.8 Å². The average molecular weight is 244 g/mol. The fraction of sp³-hybridized carbons (Fsp3) is 0.429. The van der Waals surface area contributed by atoms with Gasteiger partial charge in [0.05, 0.1) is 30.6 Å². The van der Waals surface area contributed by atoms with Gasteiger partial charge in [-0.2, -0.15) is 0 Å². The fourth-order valence-electron chi connectivity index (χ4n) is 2.66. The van der Waals surface area contributed by atoms with Crippen LogP contribution in [0.1, 0.15) is 18.9 Å². The maximum absolute atomic E-state index is 11.4. The summed E-state index contributed by atoms with van der Waals surface area (Å²) >= 11 is 0. The van der Waals surface area contributed by atoms with E-state index in [1.54, 1.807) is 6.92 Å². The van der Waals surface area contributed by atoms with E-state index in [2.05, 4.69) is 23.2 Å². The van der Waals surface area contributed by atoms with Crippen LogP contribution in [0.2, 0.25) is 0 Å². The molecule has 1 aliphatic rings. The molecule has 0 N–H and O–H groups in total. The SMILES string of the molecule is CC(=O)CC1(c2ccc3c(c2)ncn3C)COC1. The van der Waals surface area contributed by atoms with E-state index in [0.717, 1.165) is 16.6 Å². The molecule has 1 fully saturated rings. The van der Waals surface area contributed by atoms with E-state index in [0.29, 0.717) is 19.6 Å². The van der Waals surface area contributed by atoms with Gasteiger partial charge in [-0.05, 0) is 24.6 Å². The highest BCUT2D eigenvalue weighted by Crippen LogP contribution is 2.37. The Morgan fingerprint density at radius 2 is 2.28 bits per heavy atom. The van der Waals surface area contributed by atoms with E-state index >= 15 is 0 Å². The maximum Gasteiger partial charge on any atom is 0.130 e. The van der Waals surface area contributed by atoms with E-state index in [4.69, 9.17) is 4.74 Å². The minimum absolute atomic E-state index is 0.127. The molecule has 0 amide bonds. The van der Waals surface area contributed by atoms with Crippen molar-refractivity contribution in [1.82, 2.24) is 9.55 Å². The van der Waals surface area contributed by atoms with Crippen LogP contribution < -0.4 is 0 Å². The van der Waals surface area contributed by atoms with Crippen LogP contribution in [0.5, 0.6) is 0 Å². The molecule has 4 heteroatoms. The largest absolute Gasteiger partial charge is 0.379 e. The smallest absolute Gasteiger partial charge is 0.130 e. The summed E-state index contributed by atoms with van der Waals surface area (Å²) in [6.45, 7) is 2.90. The first-order valence-corrected chi connectivity index (χ1v) is 6.09. The summed E-state index contributed by atoms with van der Waals surface area (Å²) in [5.74, 6) is 0.208. The predicted molar refractivity (Wildman–Crippen MR) is 68.5 cm³/mol. The van der Waals surface area contributed by atoms with E-state index in [-0.39, 0.29) is 11.2 Å². The number of carbonyl (C=O) groups excluding carboxylic acids is 1. The first-order valence-electron chi connectivity index (χ1n) is 6.09. The lowest BCUT2D eigenvalue weighted by Gasteiger charge is -2.41. The van der Waals surface area contributed by atoms with Crippen molar-refractivity contribution in [3.63, 3.8) is 0 Å². The van der Waals surface area contributed by atoms with Crippen LogP contribution in [0.3, 0.4) is 0 Å². The second kappa shape index (κ2) is 3.92. The van der Waals surface area contributed by atoms with Crippen LogP contribution in [0.25, 0.3) is 11.0 Å². The van der Waals surface area contributed by atoms with Crippen molar-refractivity contribution in [2.75, 3.05) is 13.2 Å². The molecule has 0 saturated carbocycles. The molecule has 1 aliphatic heterocycles. The number of carbonyl (C=O) groups is 1. The molecule has 0 radical (unpaired) electrons. The van der Waals surface area contributed by atoms with Crippen molar-refractivity contribution < 1.29 is 9.53 Å². The average Bonchev–Trinajstić information content (AvgIpc) is 2.65. The molecule has 0 unspecified atom stereocenters. The predicted octanol–water partition coefficient (Wildman–Crippen LogP) is 1.82. The van der Waals surface area contributed by atoms with Gasteiger partial charge in [0.2, 0.25) is 0 Å². The molecule has 1 aromatic heterocycles. The van der Waals surface area contributed by atoms with Crippen LogP contribution in [0.15, 0.2) is 24.5 Å². The van der Waals surface area contributed by atoms with Gasteiger partial charge in [0.1, 0.15) is 5.78 Å². The third-order valence-corrected chi connectivity index (χ3v) is 3.68. The molecule has 0 atom stereocenters. The monoisotopic (exact) mass is 244 g/mol. The molecular formula is C14H16N2O2. The normalized spacial score (nSPS) is 17.7. The van der Waals surface area contributed by atoms with Gasteiger partial charge in [0, 0.05) is 18.9 Å². The van der Waals surface area contributed by atoms with Gasteiger partial charge >= 0.3 is 0 Å². The Morgan fingerprint density at radius 3 is 2.89 bits per heavy atom. The summed E-state index contributed by atoms with van der Waals surface area (Å²) in [5, 5.41) is 0. The summed E-state index contributed by atoms with van der Waals surface area (Å²) in [5.41, 5.74) is 3.12. The molecule has 94 valence electrons. The molecule has 1 saturated heterocycles. The van der Waals surface area contributed by atoms with Crippen molar-refractivity contribution in [2.24, 2.45) is 7.05 Å². The number of aromatic nitrogens is 2. The van der Waals surface area contributed by atoms with Crippen molar-refractivity contribution in [1.29, 1.82) is 0 Å². The number of fused-ring (bicyclic) bond motifs is 1. The van der Waals surface area contributed by atoms with Gasteiger partial charge in [0.25, 0.3) is 0 Å². The van der Waals surface area contributed by atoms with Crippen LogP contribution in [-0.2, 0) is 22.0 Å². The highest BCUT2D eigenvalue weighted by molar-refractivity contribution is 5.79. The number of imidazole rings is 1. The summed E-state index contributed by atoms with van der Waals surface area (Å²) in [6.07, 6.45) is 2.36. The second-order valence-corrected chi connectivity index (χ2v) is 5.21. The van der Waals surface area contributed by atoms with Crippen LogP contribution in [0.4, 0.5) is 0 Å². The zero-order valence-corrected chi connectivity index (χ0v) is 10.6. The molecule has 3 rings (SSSR count). The number of ether oxygens (including phenoxy) is 1. The lowest BCUT2D eigenvalue weighted by molar-refractivity contribution is -0.125. The molecule has 0 bridgehead atoms. The third kappa shape index (κ3) is 1.64. The number of rotatable bonds is 3. The third-order valence-electron chi connectivity index (χ3n) is 3.68. The minimum atomic E-state index is -0.127. The Morgan fingerprint density at radius 1 is 1.50 bits per heavy atom. The second-order valence-electron chi connectivity index (χ2n) is 5.21. The van der Waals surface area contributed by atoms with E-state index in [1.165, 1.54) is 0 Å². The lowest BCUT2D eigenvalue weighted by atomic mass is 9.75. The lowest BCUT2D eigenvalue weighted by Crippen LogP contribution is -2.47. The van der Waals surface area contributed by atoms with E-state index < -0.39 is 0 Å². The summed E-state index contributed by atoms with van der Waals surface area (Å²) in [7, 11) is 1.98. The number of benzene rings is 1. The molecule has 4 nitrogen and oxygen atoms in total. The Hall–Kier alpha value is -1.68. The number of hydrogen-bond acceptors (Lipinski definition) is 3. The van der Waals surface area contributed by atoms with Crippen molar-refractivity contribution in [3.05, 3.63) is 30.1 Å². The Labute approximate surface area is 106 Å². The topological polar surface area (TPSA) is 44.1 Å². The number of ketones is 1. The maximum atomic E-state index is 11.4. The number of hydrogen-bond donors (Lipinski definition) is 0. The highest BCUT2D eigenvalue weighted by atomic mass is 16.5. The zero-order chi connectivity index (χ0) is 12.8. The van der Waals surface area contributed by atoms with Gasteiger partial charge in [0.15, 0.2) is 0 Å². The summed E-state index contributed by atoms with van der Waals surface area (Å²) < 4.78 is 7.33. The van der Waals surface area contributed by atoms with Gasteiger partial charge in [-0.25, -0.2) is 4.98 Å². The van der Waals surface area contributed by atoms with Gasteiger partial charge in [-0.15, -0.1) is 0 Å². The first kappa shape index (κ1) is 11.4. The van der Waals surface area contributed by atoms with Gasteiger partial charge < -0.3 is 9.30 Å². The molecule has 0 aliphatic carbocycles. The molecule has 2 aromatic rings. The minimum Gasteiger partial charge on any atom is -0.379 e. The number of aryl methyl sites for hydroxylation is 1. The van der Waals surface area contributed by atoms with Gasteiger partial charge in [-0.3, -0.25) is 4.79 Å². The van der Waals surface area contributed by atoms with Crippen molar-refractivity contribution in [3.8, 4) is 0 Å². The summed E-state index contributed by atoms with van der Waals surface area (Å²) in [4.78, 5) is 15.8. The van der Waals surface area contributed by atoms with Crippen molar-refractivity contribution in [2.45, 2.75) is 18.8 Å². The van der Waals surface area contributed by atoms with Gasteiger partial charge in [-0.1, -0.05) is 6.07 Å². The van der Waals surface area contributed by atoms with Crippen LogP contribution in [0, 0.1) is 0 Å². The quantitative estimate of drug-likeness (QED) is 0.827. The van der Waals surface area contributed by atoms with E-state index in [9.17, 15) is 4.79 Å². The first-order chi connectivity index (χ1) is 8.61. The van der Waals surface area contributed by atoms with Crippen LogP contribution in [-0.4, -0.2) is 28.5 Å². The molecule has 1 aromatic carbocycles. The summed E-state index contributed by atoms with van der Waals surface area (Å²) in [6, 6.07) is 6.24. The standard InChI is InChI=1S/C14H16N2O2/c1-10(17)6-14(7-18-8-14)11-3-4-13-12(5-11)15-9-16(13)2/h3-5,9H,6-8H2,1-2H3. The highest BCUT2D eigenvalue weighted by Gasteiger charge is 2.41. The zero-order valence-electron chi connectivity index (χ0n) is 10.6. The Balaban J connectivity index is 2.04. The Kier molecular flexibility index (Phi) is 2.48.